The van der Waals surface area contributed by atoms with Gasteiger partial charge in [0, 0.05) is 13.8 Å². The standard InChI is InChI=1S/C11H10N2O4/c1-6(14)16-9-3-4-10(17-7(2)15)11-8(9)5-12-13-11/h3-5H,1-2H3,(H,12,13). The van der Waals surface area contributed by atoms with Crippen molar-refractivity contribution >= 4 is 22.8 Å². The molecule has 0 spiro atoms. The molecule has 2 rings (SSSR count). The number of aromatic nitrogens is 2. The Labute approximate surface area is 96.5 Å². The first-order valence-electron chi connectivity index (χ1n) is 4.91. The van der Waals surface area contributed by atoms with E-state index in [0.717, 1.165) is 0 Å². The SMILES string of the molecule is CC(=O)Oc1ccc(OC(C)=O)c2[nH]ncc12. The second-order valence-corrected chi connectivity index (χ2v) is 3.41. The Bertz CT molecular complexity index is 538. The average molecular weight is 234 g/mol. The number of nitrogens with zero attached hydrogens (tertiary/aromatic N) is 1. The smallest absolute Gasteiger partial charge is 0.308 e. The molecule has 0 aliphatic rings. The summed E-state index contributed by atoms with van der Waals surface area (Å²) in [4.78, 5) is 21.8. The molecule has 17 heavy (non-hydrogen) atoms. The Balaban J connectivity index is 2.50. The lowest BCUT2D eigenvalue weighted by Gasteiger charge is -2.06. The van der Waals surface area contributed by atoms with E-state index in [1.807, 2.05) is 0 Å². The summed E-state index contributed by atoms with van der Waals surface area (Å²) in [5, 5.41) is 7.10. The zero-order valence-corrected chi connectivity index (χ0v) is 9.31. The van der Waals surface area contributed by atoms with Crippen molar-refractivity contribution < 1.29 is 19.1 Å². The van der Waals surface area contributed by atoms with Gasteiger partial charge in [-0.15, -0.1) is 0 Å². The molecular weight excluding hydrogens is 224 g/mol. The van der Waals surface area contributed by atoms with Crippen LogP contribution in [0.2, 0.25) is 0 Å². The highest BCUT2D eigenvalue weighted by molar-refractivity contribution is 5.92. The molecule has 6 nitrogen and oxygen atoms in total. The minimum Gasteiger partial charge on any atom is -0.426 e. The van der Waals surface area contributed by atoms with Gasteiger partial charge >= 0.3 is 11.9 Å². The molecule has 1 aromatic carbocycles. The van der Waals surface area contributed by atoms with Crippen LogP contribution < -0.4 is 9.47 Å². The number of carbonyl (C=O) groups is 2. The van der Waals surface area contributed by atoms with Crippen LogP contribution in [0.15, 0.2) is 18.3 Å². The molecule has 1 aromatic heterocycles. The van der Waals surface area contributed by atoms with Crippen LogP contribution >= 0.6 is 0 Å². The van der Waals surface area contributed by atoms with Gasteiger partial charge in [0.2, 0.25) is 0 Å². The molecule has 2 aromatic rings. The van der Waals surface area contributed by atoms with Gasteiger partial charge in [-0.2, -0.15) is 5.10 Å². The van der Waals surface area contributed by atoms with E-state index in [2.05, 4.69) is 10.2 Å². The van der Waals surface area contributed by atoms with Crippen LogP contribution in [-0.2, 0) is 9.59 Å². The van der Waals surface area contributed by atoms with Crippen LogP contribution in [0.25, 0.3) is 10.9 Å². The van der Waals surface area contributed by atoms with Crippen molar-refractivity contribution in [3.8, 4) is 11.5 Å². The van der Waals surface area contributed by atoms with E-state index in [9.17, 15) is 9.59 Å². The fourth-order valence-corrected chi connectivity index (χ4v) is 1.47. The van der Waals surface area contributed by atoms with Crippen molar-refractivity contribution in [3.63, 3.8) is 0 Å². The number of aromatic amines is 1. The second-order valence-electron chi connectivity index (χ2n) is 3.41. The molecule has 0 radical (unpaired) electrons. The van der Waals surface area contributed by atoms with Gasteiger partial charge in [0.05, 0.1) is 11.6 Å². The Morgan fingerprint density at radius 1 is 1.12 bits per heavy atom. The number of benzene rings is 1. The van der Waals surface area contributed by atoms with Crippen LogP contribution in [-0.4, -0.2) is 22.1 Å². The molecule has 0 amide bonds. The van der Waals surface area contributed by atoms with Crippen molar-refractivity contribution in [2.45, 2.75) is 13.8 Å². The third-order valence-electron chi connectivity index (χ3n) is 2.04. The van der Waals surface area contributed by atoms with Gasteiger partial charge in [-0.1, -0.05) is 0 Å². The normalized spacial score (nSPS) is 10.2. The first-order chi connectivity index (χ1) is 8.08. The summed E-state index contributed by atoms with van der Waals surface area (Å²) in [5.74, 6) is -0.132. The number of carbonyl (C=O) groups excluding carboxylic acids is 2. The fraction of sp³-hybridized carbons (Fsp3) is 0.182. The van der Waals surface area contributed by atoms with Gasteiger partial charge in [-0.05, 0) is 12.1 Å². The molecule has 0 aliphatic carbocycles. The largest absolute Gasteiger partial charge is 0.426 e. The number of hydrogen-bond donors (Lipinski definition) is 1. The quantitative estimate of drug-likeness (QED) is 0.627. The molecule has 1 heterocycles. The van der Waals surface area contributed by atoms with Crippen molar-refractivity contribution in [1.82, 2.24) is 10.2 Å². The topological polar surface area (TPSA) is 81.3 Å². The highest BCUT2D eigenvalue weighted by atomic mass is 16.5. The maximum absolute atomic E-state index is 10.9. The number of hydrogen-bond acceptors (Lipinski definition) is 5. The van der Waals surface area contributed by atoms with E-state index in [1.54, 1.807) is 12.1 Å². The van der Waals surface area contributed by atoms with Gasteiger partial charge < -0.3 is 9.47 Å². The van der Waals surface area contributed by atoms with E-state index < -0.39 is 11.9 Å². The maximum Gasteiger partial charge on any atom is 0.308 e. The van der Waals surface area contributed by atoms with E-state index in [0.29, 0.717) is 22.4 Å². The van der Waals surface area contributed by atoms with Gasteiger partial charge in [-0.25, -0.2) is 0 Å². The summed E-state index contributed by atoms with van der Waals surface area (Å²) < 4.78 is 10.0. The van der Waals surface area contributed by atoms with Crippen LogP contribution in [0.5, 0.6) is 11.5 Å². The molecule has 0 unspecified atom stereocenters. The number of H-pyrrole nitrogens is 1. The fourth-order valence-electron chi connectivity index (χ4n) is 1.47. The molecule has 0 fully saturated rings. The molecule has 1 N–H and O–H groups in total. The van der Waals surface area contributed by atoms with Crippen LogP contribution in [0.4, 0.5) is 0 Å². The Morgan fingerprint density at radius 3 is 2.35 bits per heavy atom. The minimum absolute atomic E-state index is 0.348. The lowest BCUT2D eigenvalue weighted by molar-refractivity contribution is -0.132. The summed E-state index contributed by atoms with van der Waals surface area (Å²) >= 11 is 0. The lowest BCUT2D eigenvalue weighted by atomic mass is 10.2. The number of ether oxygens (including phenoxy) is 2. The Morgan fingerprint density at radius 2 is 1.71 bits per heavy atom. The number of rotatable bonds is 2. The number of esters is 2. The molecule has 0 saturated heterocycles. The summed E-state index contributed by atoms with van der Waals surface area (Å²) in [5.41, 5.74) is 0.513. The lowest BCUT2D eigenvalue weighted by Crippen LogP contribution is -2.04. The molecule has 0 atom stereocenters. The number of fused-ring (bicyclic) bond motifs is 1. The predicted octanol–water partition coefficient (Wildman–Crippen LogP) is 1.41. The van der Waals surface area contributed by atoms with Gasteiger partial charge in [0.25, 0.3) is 0 Å². The molecule has 88 valence electrons. The zero-order valence-electron chi connectivity index (χ0n) is 9.31. The van der Waals surface area contributed by atoms with Gasteiger partial charge in [0.15, 0.2) is 5.75 Å². The maximum atomic E-state index is 10.9. The molecular formula is C11H10N2O4. The summed E-state index contributed by atoms with van der Waals surface area (Å²) in [6.07, 6.45) is 1.50. The van der Waals surface area contributed by atoms with Crippen molar-refractivity contribution in [1.29, 1.82) is 0 Å². The van der Waals surface area contributed by atoms with Crippen LogP contribution in [0.1, 0.15) is 13.8 Å². The predicted molar refractivity (Wildman–Crippen MR) is 58.7 cm³/mol. The third-order valence-corrected chi connectivity index (χ3v) is 2.04. The summed E-state index contributed by atoms with van der Waals surface area (Å²) in [6.45, 7) is 2.62. The van der Waals surface area contributed by atoms with E-state index in [-0.39, 0.29) is 0 Å². The summed E-state index contributed by atoms with van der Waals surface area (Å²) in [6, 6.07) is 3.09. The van der Waals surface area contributed by atoms with Crippen molar-refractivity contribution in [3.05, 3.63) is 18.3 Å². The first-order valence-corrected chi connectivity index (χ1v) is 4.91. The van der Waals surface area contributed by atoms with E-state index in [4.69, 9.17) is 9.47 Å². The molecule has 0 saturated carbocycles. The highest BCUT2D eigenvalue weighted by Crippen LogP contribution is 2.31. The highest BCUT2D eigenvalue weighted by Gasteiger charge is 2.12. The van der Waals surface area contributed by atoms with Crippen LogP contribution in [0.3, 0.4) is 0 Å². The van der Waals surface area contributed by atoms with E-state index in [1.165, 1.54) is 20.0 Å². The van der Waals surface area contributed by atoms with Gasteiger partial charge in [-0.3, -0.25) is 14.7 Å². The molecule has 6 heteroatoms. The Hall–Kier alpha value is -2.37. The number of nitrogens with one attached hydrogen (secondary N) is 1. The summed E-state index contributed by atoms with van der Waals surface area (Å²) in [7, 11) is 0. The zero-order chi connectivity index (χ0) is 12.4. The molecule has 0 bridgehead atoms. The van der Waals surface area contributed by atoms with Crippen molar-refractivity contribution in [2.75, 3.05) is 0 Å². The van der Waals surface area contributed by atoms with Crippen molar-refractivity contribution in [2.24, 2.45) is 0 Å². The Kier molecular flexibility index (Phi) is 2.78. The van der Waals surface area contributed by atoms with E-state index >= 15 is 0 Å². The monoisotopic (exact) mass is 234 g/mol. The molecule has 0 aliphatic heterocycles. The first kappa shape index (κ1) is 11.1. The third kappa shape index (κ3) is 2.25. The average Bonchev–Trinajstić information content (AvgIpc) is 2.69. The second kappa shape index (κ2) is 4.25. The van der Waals surface area contributed by atoms with Crippen LogP contribution in [0, 0.1) is 0 Å². The van der Waals surface area contributed by atoms with Gasteiger partial charge in [0.1, 0.15) is 11.3 Å². The minimum atomic E-state index is -0.430.